The highest BCUT2D eigenvalue weighted by Gasteiger charge is 2.28. The minimum Gasteiger partial charge on any atom is -0.514 e. The van der Waals surface area contributed by atoms with Gasteiger partial charge >= 0.3 is 0 Å². The molecule has 0 rings (SSSR count). The highest BCUT2D eigenvalue weighted by atomic mass is 17.2. The van der Waals surface area contributed by atoms with Crippen LogP contribution in [0.15, 0.2) is 12.7 Å². The first-order valence-corrected chi connectivity index (χ1v) is 5.40. The molecule has 0 radical (unpaired) electrons. The van der Waals surface area contributed by atoms with Gasteiger partial charge in [-0.15, -0.1) is 0 Å². The first-order valence-electron chi connectivity index (χ1n) is 5.40. The minimum absolute atomic E-state index is 0.0613. The summed E-state index contributed by atoms with van der Waals surface area (Å²) in [5.41, 5.74) is -0.499. The van der Waals surface area contributed by atoms with Crippen LogP contribution in [-0.2, 0) is 14.5 Å². The van der Waals surface area contributed by atoms with Gasteiger partial charge in [0.1, 0.15) is 0 Å². The lowest BCUT2D eigenvalue weighted by molar-refractivity contribution is -0.415. The van der Waals surface area contributed by atoms with Gasteiger partial charge in [0.2, 0.25) is 0 Å². The highest BCUT2D eigenvalue weighted by molar-refractivity contribution is 5.54. The minimum atomic E-state index is -1.69. The van der Waals surface area contributed by atoms with Gasteiger partial charge in [-0.3, -0.25) is 0 Å². The fourth-order valence-electron chi connectivity index (χ4n) is 1.69. The number of hydrogen-bond acceptors (Lipinski definition) is 5. The largest absolute Gasteiger partial charge is 0.514 e. The Balaban J connectivity index is 4.23. The van der Waals surface area contributed by atoms with Crippen molar-refractivity contribution in [1.82, 2.24) is 0 Å². The van der Waals surface area contributed by atoms with Gasteiger partial charge in [0.15, 0.2) is 6.29 Å². The van der Waals surface area contributed by atoms with Crippen molar-refractivity contribution in [1.29, 1.82) is 0 Å². The molecule has 0 saturated carbocycles. The van der Waals surface area contributed by atoms with Crippen LogP contribution in [0.5, 0.6) is 0 Å². The second-order valence-electron chi connectivity index (χ2n) is 5.65. The SMILES string of the molecule is C=CC(OOC(C)(C)CC(C)(C)C)OC(=O)[O-]. The maximum absolute atomic E-state index is 10.2. The number of carbonyl (C=O) groups is 1. The molecule has 1 unspecified atom stereocenters. The van der Waals surface area contributed by atoms with Crippen molar-refractivity contribution in [3.8, 4) is 0 Å². The molecule has 0 aromatic rings. The molecule has 0 aromatic carbocycles. The van der Waals surface area contributed by atoms with Crippen LogP contribution >= 0.6 is 0 Å². The molecular weight excluding hydrogens is 224 g/mol. The van der Waals surface area contributed by atoms with E-state index in [0.29, 0.717) is 0 Å². The molecule has 0 aliphatic rings. The van der Waals surface area contributed by atoms with Gasteiger partial charge < -0.3 is 14.6 Å². The zero-order valence-electron chi connectivity index (χ0n) is 11.1. The van der Waals surface area contributed by atoms with Crippen molar-refractivity contribution in [3.05, 3.63) is 12.7 Å². The Hall–Kier alpha value is -1.07. The average Bonchev–Trinajstić information content (AvgIpc) is 2.07. The van der Waals surface area contributed by atoms with Crippen LogP contribution < -0.4 is 5.11 Å². The molecule has 0 aliphatic heterocycles. The third kappa shape index (κ3) is 8.71. The zero-order chi connectivity index (χ0) is 13.7. The van der Waals surface area contributed by atoms with Crippen molar-refractivity contribution < 1.29 is 24.4 Å². The van der Waals surface area contributed by atoms with E-state index in [1.54, 1.807) is 0 Å². The molecular formula is C12H21O5-. The molecule has 0 bridgehead atoms. The number of hydrogen-bond donors (Lipinski definition) is 0. The predicted molar refractivity (Wildman–Crippen MR) is 60.8 cm³/mol. The van der Waals surface area contributed by atoms with Crippen LogP contribution in [0.25, 0.3) is 0 Å². The molecule has 5 heteroatoms. The Morgan fingerprint density at radius 3 is 2.24 bits per heavy atom. The van der Waals surface area contributed by atoms with Crippen molar-refractivity contribution >= 4 is 6.16 Å². The summed E-state index contributed by atoms with van der Waals surface area (Å²) < 4.78 is 4.27. The maximum atomic E-state index is 10.2. The lowest BCUT2D eigenvalue weighted by Crippen LogP contribution is -2.35. The van der Waals surface area contributed by atoms with Crippen LogP contribution in [-0.4, -0.2) is 18.0 Å². The van der Waals surface area contributed by atoms with Gasteiger partial charge in [-0.05, 0) is 31.8 Å². The number of carboxylic acid groups (broad SMARTS) is 1. The molecule has 17 heavy (non-hydrogen) atoms. The topological polar surface area (TPSA) is 67.8 Å². The number of ether oxygens (including phenoxy) is 1. The van der Waals surface area contributed by atoms with E-state index in [4.69, 9.17) is 9.78 Å². The van der Waals surface area contributed by atoms with Crippen LogP contribution in [0.4, 0.5) is 4.79 Å². The van der Waals surface area contributed by atoms with E-state index in [1.807, 2.05) is 13.8 Å². The molecule has 0 amide bonds. The third-order valence-corrected chi connectivity index (χ3v) is 1.73. The second kappa shape index (κ2) is 6.02. The summed E-state index contributed by atoms with van der Waals surface area (Å²) in [4.78, 5) is 20.2. The van der Waals surface area contributed by atoms with Gasteiger partial charge in [0, 0.05) is 0 Å². The van der Waals surface area contributed by atoms with Gasteiger partial charge in [0.05, 0.1) is 5.60 Å². The van der Waals surface area contributed by atoms with Crippen molar-refractivity contribution in [2.45, 2.75) is 52.9 Å². The van der Waals surface area contributed by atoms with Gasteiger partial charge in [0.25, 0.3) is 6.16 Å². The Kier molecular flexibility index (Phi) is 5.64. The van der Waals surface area contributed by atoms with E-state index in [0.717, 1.165) is 6.42 Å². The van der Waals surface area contributed by atoms with Gasteiger partial charge in [-0.1, -0.05) is 27.4 Å². The Morgan fingerprint density at radius 1 is 1.35 bits per heavy atom. The Morgan fingerprint density at radius 2 is 1.88 bits per heavy atom. The van der Waals surface area contributed by atoms with Crippen molar-refractivity contribution in [2.75, 3.05) is 0 Å². The molecule has 0 N–H and O–H groups in total. The van der Waals surface area contributed by atoms with E-state index < -0.39 is 18.0 Å². The average molecular weight is 245 g/mol. The lowest BCUT2D eigenvalue weighted by atomic mass is 9.84. The third-order valence-electron chi connectivity index (χ3n) is 1.73. The molecule has 5 nitrogen and oxygen atoms in total. The second-order valence-corrected chi connectivity index (χ2v) is 5.65. The van der Waals surface area contributed by atoms with Gasteiger partial charge in [-0.25, -0.2) is 9.78 Å². The Bertz CT molecular complexity index is 265. The predicted octanol–water partition coefficient (Wildman–Crippen LogP) is 2.02. The Labute approximate surface area is 102 Å². The molecule has 0 saturated heterocycles. The molecule has 1 atom stereocenters. The molecule has 0 aromatic heterocycles. The van der Waals surface area contributed by atoms with E-state index in [1.165, 1.54) is 6.08 Å². The summed E-state index contributed by atoms with van der Waals surface area (Å²) in [6, 6.07) is 0. The van der Waals surface area contributed by atoms with E-state index in [-0.39, 0.29) is 5.41 Å². The summed E-state index contributed by atoms with van der Waals surface area (Å²) in [6.07, 6.45) is -0.968. The maximum Gasteiger partial charge on any atom is 0.254 e. The standard InChI is InChI=1S/C12H22O5/c1-7-9(15-10(13)14)16-17-12(5,6)8-11(2,3)4/h7,9H,1,8H2,2-6H3,(H,13,14)/p-1. The molecule has 0 heterocycles. The van der Waals surface area contributed by atoms with E-state index in [9.17, 15) is 9.90 Å². The monoisotopic (exact) mass is 245 g/mol. The van der Waals surface area contributed by atoms with Crippen LogP contribution in [0.2, 0.25) is 0 Å². The molecule has 100 valence electrons. The number of carbonyl (C=O) groups excluding carboxylic acids is 1. The van der Waals surface area contributed by atoms with Crippen LogP contribution in [0.1, 0.15) is 41.0 Å². The normalized spacial score (nSPS) is 14.2. The van der Waals surface area contributed by atoms with Crippen molar-refractivity contribution in [3.63, 3.8) is 0 Å². The summed E-state index contributed by atoms with van der Waals surface area (Å²) >= 11 is 0. The highest BCUT2D eigenvalue weighted by Crippen LogP contribution is 2.29. The summed E-state index contributed by atoms with van der Waals surface area (Å²) in [6.45, 7) is 13.3. The number of rotatable bonds is 6. The zero-order valence-corrected chi connectivity index (χ0v) is 11.1. The summed E-state index contributed by atoms with van der Waals surface area (Å²) in [5, 5.41) is 10.2. The molecule has 0 fully saturated rings. The van der Waals surface area contributed by atoms with E-state index >= 15 is 0 Å². The molecule has 0 spiro atoms. The summed E-state index contributed by atoms with van der Waals surface area (Å²) in [5.74, 6) is 0. The van der Waals surface area contributed by atoms with Gasteiger partial charge in [-0.2, -0.15) is 0 Å². The fourth-order valence-corrected chi connectivity index (χ4v) is 1.69. The lowest BCUT2D eigenvalue weighted by Gasteiger charge is -2.32. The first-order chi connectivity index (χ1) is 7.56. The molecule has 0 aliphatic carbocycles. The van der Waals surface area contributed by atoms with E-state index in [2.05, 4.69) is 32.1 Å². The van der Waals surface area contributed by atoms with Crippen molar-refractivity contribution in [2.24, 2.45) is 5.41 Å². The smallest absolute Gasteiger partial charge is 0.254 e. The van der Waals surface area contributed by atoms with Crippen LogP contribution in [0, 0.1) is 5.41 Å². The fraction of sp³-hybridized carbons (Fsp3) is 0.750. The quantitative estimate of drug-likeness (QED) is 0.235. The first kappa shape index (κ1) is 15.9. The van der Waals surface area contributed by atoms with Crippen LogP contribution in [0.3, 0.4) is 0 Å². The summed E-state index contributed by atoms with van der Waals surface area (Å²) in [7, 11) is 0.